The lowest BCUT2D eigenvalue weighted by molar-refractivity contribution is 0.103. The van der Waals surface area contributed by atoms with Gasteiger partial charge in [0.15, 0.2) is 5.82 Å². The highest BCUT2D eigenvalue weighted by molar-refractivity contribution is 7.92. The number of rotatable bonds is 10. The summed E-state index contributed by atoms with van der Waals surface area (Å²) in [6, 6.07) is 3.00. The van der Waals surface area contributed by atoms with Crippen molar-refractivity contribution in [2.24, 2.45) is 0 Å². The molecule has 0 fully saturated rings. The largest absolute Gasteiger partial charge is 0.389 e. The average molecular weight is 562 g/mol. The Labute approximate surface area is 218 Å². The number of hydrogen-bond acceptors (Lipinski definition) is 8. The van der Waals surface area contributed by atoms with Gasteiger partial charge in [-0.2, -0.15) is 0 Å². The molecule has 2 aromatic carbocycles. The van der Waals surface area contributed by atoms with E-state index in [4.69, 9.17) is 5.41 Å². The predicted molar refractivity (Wildman–Crippen MR) is 135 cm³/mol. The Morgan fingerprint density at radius 2 is 1.85 bits per heavy atom. The number of halogens is 4. The first-order chi connectivity index (χ1) is 18.6. The van der Waals surface area contributed by atoms with Gasteiger partial charge in [-0.3, -0.25) is 9.52 Å². The van der Waals surface area contributed by atoms with E-state index in [9.17, 15) is 26.4 Å². The van der Waals surface area contributed by atoms with Crippen LogP contribution in [0.2, 0.25) is 0 Å². The molecule has 0 aliphatic rings. The standard InChI is InChI=1S/C24H19F4N7O3S/c1-2-30-9-13(8-29)34-24-19-14(10-31-23(19)32-11-33-24)22(36)20-16(27)5-6-17(21(20)28)35-39(37,38)18-7-12(25)3-4-15(18)26/h3-11,29-30,35H,2H2,1H3,(H2,31,32,33,34)/b13-9+,29-8?. The molecule has 0 atom stereocenters. The smallest absolute Gasteiger partial charge is 0.265 e. The number of ketones is 1. The van der Waals surface area contributed by atoms with Crippen molar-refractivity contribution in [3.8, 4) is 0 Å². The van der Waals surface area contributed by atoms with Crippen LogP contribution >= 0.6 is 0 Å². The van der Waals surface area contributed by atoms with Crippen molar-refractivity contribution in [2.45, 2.75) is 11.8 Å². The molecular formula is C24H19F4N7O3S. The second-order valence-electron chi connectivity index (χ2n) is 7.87. The fraction of sp³-hybridized carbons (Fsp3) is 0.0833. The zero-order chi connectivity index (χ0) is 28.3. The maximum Gasteiger partial charge on any atom is 0.265 e. The van der Waals surface area contributed by atoms with Crippen molar-refractivity contribution in [3.63, 3.8) is 0 Å². The highest BCUT2D eigenvalue weighted by atomic mass is 32.2. The Bertz CT molecular complexity index is 1740. The van der Waals surface area contributed by atoms with Crippen LogP contribution in [0.4, 0.5) is 29.1 Å². The number of nitrogens with one attached hydrogen (secondary N) is 5. The normalized spacial score (nSPS) is 11.9. The lowest BCUT2D eigenvalue weighted by Crippen LogP contribution is -2.18. The number of aromatic amines is 1. The summed E-state index contributed by atoms with van der Waals surface area (Å²) in [6.45, 7) is 2.38. The number of sulfonamides is 1. The molecule has 2 aromatic heterocycles. The number of H-pyrrole nitrogens is 1. The molecule has 0 aliphatic heterocycles. The Hall–Kier alpha value is -4.79. The second kappa shape index (κ2) is 10.9. The number of nitrogens with zero attached hydrogens (tertiary/aromatic N) is 2. The highest BCUT2D eigenvalue weighted by Gasteiger charge is 2.28. The van der Waals surface area contributed by atoms with Crippen LogP contribution in [0, 0.1) is 28.7 Å². The van der Waals surface area contributed by atoms with Crippen molar-refractivity contribution in [1.29, 1.82) is 5.41 Å². The minimum absolute atomic E-state index is 0.0384. The van der Waals surface area contributed by atoms with Crippen LogP contribution in [0.3, 0.4) is 0 Å². The van der Waals surface area contributed by atoms with E-state index >= 15 is 4.39 Å². The Morgan fingerprint density at radius 1 is 1.10 bits per heavy atom. The molecule has 202 valence electrons. The molecule has 4 aromatic rings. The minimum Gasteiger partial charge on any atom is -0.389 e. The molecule has 5 N–H and O–H groups in total. The van der Waals surface area contributed by atoms with Crippen LogP contribution in [0.1, 0.15) is 22.8 Å². The number of allylic oxidation sites excluding steroid dienone is 1. The van der Waals surface area contributed by atoms with Crippen molar-refractivity contribution < 1.29 is 30.8 Å². The van der Waals surface area contributed by atoms with E-state index in [-0.39, 0.29) is 28.1 Å². The third-order valence-corrected chi connectivity index (χ3v) is 6.72. The summed E-state index contributed by atoms with van der Waals surface area (Å²) in [5.41, 5.74) is -1.90. The third-order valence-electron chi connectivity index (χ3n) is 5.34. The number of carbonyl (C=O) groups excluding carboxylic acids is 1. The predicted octanol–water partition coefficient (Wildman–Crippen LogP) is 4.06. The van der Waals surface area contributed by atoms with E-state index in [1.807, 2.05) is 6.92 Å². The van der Waals surface area contributed by atoms with Crippen molar-refractivity contribution in [1.82, 2.24) is 20.3 Å². The number of aromatic nitrogens is 3. The first-order valence-corrected chi connectivity index (χ1v) is 12.6. The van der Waals surface area contributed by atoms with Crippen LogP contribution in [-0.2, 0) is 10.0 Å². The summed E-state index contributed by atoms with van der Waals surface area (Å²) in [4.78, 5) is 23.0. The molecule has 10 nitrogen and oxygen atoms in total. The van der Waals surface area contributed by atoms with Gasteiger partial charge in [0, 0.05) is 25.2 Å². The van der Waals surface area contributed by atoms with E-state index in [1.165, 1.54) is 6.20 Å². The molecule has 4 rings (SSSR count). The monoisotopic (exact) mass is 561 g/mol. The minimum atomic E-state index is -4.87. The third kappa shape index (κ3) is 5.43. The molecule has 0 bridgehead atoms. The molecule has 2 heterocycles. The average Bonchev–Trinajstić information content (AvgIpc) is 3.34. The summed E-state index contributed by atoms with van der Waals surface area (Å²) in [7, 11) is -4.87. The van der Waals surface area contributed by atoms with E-state index in [0.29, 0.717) is 36.9 Å². The zero-order valence-electron chi connectivity index (χ0n) is 19.9. The Morgan fingerprint density at radius 3 is 2.56 bits per heavy atom. The fourth-order valence-corrected chi connectivity index (χ4v) is 4.71. The summed E-state index contributed by atoms with van der Waals surface area (Å²) < 4.78 is 84.8. The maximum absolute atomic E-state index is 15.4. The number of carbonyl (C=O) groups is 1. The van der Waals surface area contributed by atoms with Crippen LogP contribution in [0.15, 0.2) is 59.6 Å². The summed E-state index contributed by atoms with van der Waals surface area (Å²) in [5.74, 6) is -6.44. The van der Waals surface area contributed by atoms with E-state index in [1.54, 1.807) is 4.72 Å². The summed E-state index contributed by atoms with van der Waals surface area (Å²) in [6.07, 6.45) is 4.75. The van der Waals surface area contributed by atoms with Crippen LogP contribution in [-0.4, -0.2) is 41.9 Å². The lowest BCUT2D eigenvalue weighted by atomic mass is 10.0. The van der Waals surface area contributed by atoms with Crippen LogP contribution in [0.25, 0.3) is 11.0 Å². The van der Waals surface area contributed by atoms with Gasteiger partial charge in [0.2, 0.25) is 5.78 Å². The van der Waals surface area contributed by atoms with Gasteiger partial charge in [0.25, 0.3) is 10.0 Å². The Kier molecular flexibility index (Phi) is 7.62. The van der Waals surface area contributed by atoms with Crippen molar-refractivity contribution in [3.05, 3.63) is 89.1 Å². The van der Waals surface area contributed by atoms with Gasteiger partial charge < -0.3 is 21.0 Å². The molecule has 15 heteroatoms. The van der Waals surface area contributed by atoms with Gasteiger partial charge in [-0.25, -0.2) is 35.9 Å². The van der Waals surface area contributed by atoms with Gasteiger partial charge in [0.1, 0.15) is 40.1 Å². The van der Waals surface area contributed by atoms with Crippen molar-refractivity contribution >= 4 is 44.6 Å². The molecule has 0 radical (unpaired) electrons. The summed E-state index contributed by atoms with van der Waals surface area (Å²) >= 11 is 0. The molecule has 0 amide bonds. The number of anilines is 2. The van der Waals surface area contributed by atoms with Gasteiger partial charge >= 0.3 is 0 Å². The molecule has 0 saturated heterocycles. The summed E-state index contributed by atoms with van der Waals surface area (Å²) in [5, 5.41) is 13.3. The molecule has 0 aliphatic carbocycles. The van der Waals surface area contributed by atoms with Gasteiger partial charge in [-0.05, 0) is 37.3 Å². The lowest BCUT2D eigenvalue weighted by Gasteiger charge is -2.13. The maximum atomic E-state index is 15.4. The SMILES string of the molecule is CCN/C=C(\C=N)Nc1ncnc2[nH]cc(C(=O)c3c(F)ccc(NS(=O)(=O)c4cc(F)ccc4F)c3F)c12. The molecule has 39 heavy (non-hydrogen) atoms. The molecule has 0 unspecified atom stereocenters. The van der Waals surface area contributed by atoms with E-state index < -0.39 is 55.2 Å². The Balaban J connectivity index is 1.77. The zero-order valence-corrected chi connectivity index (χ0v) is 20.8. The first kappa shape index (κ1) is 27.3. The highest BCUT2D eigenvalue weighted by Crippen LogP contribution is 2.31. The first-order valence-electron chi connectivity index (χ1n) is 11.1. The van der Waals surface area contributed by atoms with E-state index in [2.05, 4.69) is 25.6 Å². The quantitative estimate of drug-likeness (QED) is 0.111. The number of fused-ring (bicyclic) bond motifs is 1. The topological polar surface area (TPSA) is 153 Å². The van der Waals surface area contributed by atoms with E-state index in [0.717, 1.165) is 18.7 Å². The van der Waals surface area contributed by atoms with Gasteiger partial charge in [-0.15, -0.1) is 0 Å². The number of benzene rings is 2. The van der Waals surface area contributed by atoms with Crippen LogP contribution in [0.5, 0.6) is 0 Å². The second-order valence-corrected chi connectivity index (χ2v) is 9.52. The van der Waals surface area contributed by atoms with Crippen molar-refractivity contribution in [2.75, 3.05) is 16.6 Å². The van der Waals surface area contributed by atoms with Gasteiger partial charge in [-0.1, -0.05) is 0 Å². The molecular weight excluding hydrogens is 542 g/mol. The van der Waals surface area contributed by atoms with Crippen LogP contribution < -0.4 is 15.4 Å². The van der Waals surface area contributed by atoms with Gasteiger partial charge in [0.05, 0.1) is 27.9 Å². The number of hydrogen-bond donors (Lipinski definition) is 5. The fourth-order valence-electron chi connectivity index (χ4n) is 3.56. The molecule has 0 saturated carbocycles. The molecule has 0 spiro atoms.